The molecule has 11 heteroatoms. The van der Waals surface area contributed by atoms with E-state index in [0.717, 1.165) is 16.1 Å². The predicted octanol–water partition coefficient (Wildman–Crippen LogP) is 6.08. The molecule has 0 aliphatic heterocycles. The van der Waals surface area contributed by atoms with Crippen LogP contribution >= 0.6 is 39.1 Å². The smallest absolute Gasteiger partial charge is 0.244 e. The number of hydrogen-bond donors (Lipinski definition) is 1. The number of amides is 2. The van der Waals surface area contributed by atoms with E-state index in [-0.39, 0.29) is 24.9 Å². The summed E-state index contributed by atoms with van der Waals surface area (Å²) in [5, 5.41) is 3.65. The van der Waals surface area contributed by atoms with Gasteiger partial charge in [0.25, 0.3) is 0 Å². The van der Waals surface area contributed by atoms with Crippen LogP contribution in [-0.2, 0) is 32.6 Å². The number of carbonyl (C=O) groups is 2. The Bertz CT molecular complexity index is 1420. The van der Waals surface area contributed by atoms with Crippen LogP contribution in [0.2, 0.25) is 10.0 Å². The van der Waals surface area contributed by atoms with Gasteiger partial charge >= 0.3 is 0 Å². The minimum atomic E-state index is -3.88. The van der Waals surface area contributed by atoms with Crippen molar-refractivity contribution in [1.29, 1.82) is 0 Å². The molecule has 7 nitrogen and oxygen atoms in total. The number of halogens is 3. The van der Waals surface area contributed by atoms with Crippen LogP contribution < -0.4 is 9.62 Å². The standard InChI is InChI=1S/C29H32BrCl2N3O4S/c1-4-20(2)33-29(37)27(17-21-11-6-5-7-12-21)34(18-22-24(31)14-10-15-25(22)32)28(36)19-35(40(3,38)39)26-16-9-8-13-23(26)30/h5-16,20,27H,4,17-19H2,1-3H3,(H,33,37)/t20-,27+/m0/s1. The predicted molar refractivity (Wildman–Crippen MR) is 165 cm³/mol. The lowest BCUT2D eigenvalue weighted by Gasteiger charge is -2.34. The van der Waals surface area contributed by atoms with Gasteiger partial charge in [-0.1, -0.05) is 78.7 Å². The molecule has 1 N–H and O–H groups in total. The molecule has 3 aromatic rings. The van der Waals surface area contributed by atoms with Gasteiger partial charge in [0, 0.05) is 39.1 Å². The van der Waals surface area contributed by atoms with Crippen LogP contribution in [0.25, 0.3) is 0 Å². The Balaban J connectivity index is 2.12. The molecule has 40 heavy (non-hydrogen) atoms. The van der Waals surface area contributed by atoms with Gasteiger partial charge in [0.05, 0.1) is 11.9 Å². The molecule has 0 aliphatic carbocycles. The minimum Gasteiger partial charge on any atom is -0.352 e. The lowest BCUT2D eigenvalue weighted by molar-refractivity contribution is -0.140. The van der Waals surface area contributed by atoms with Crippen molar-refractivity contribution in [3.05, 3.63) is 98.4 Å². The van der Waals surface area contributed by atoms with E-state index in [1.807, 2.05) is 44.2 Å². The van der Waals surface area contributed by atoms with Crippen molar-refractivity contribution in [3.8, 4) is 0 Å². The third-order valence-corrected chi connectivity index (χ3v) is 8.97. The largest absolute Gasteiger partial charge is 0.352 e. The number of sulfonamides is 1. The van der Waals surface area contributed by atoms with Crippen molar-refractivity contribution < 1.29 is 18.0 Å². The lowest BCUT2D eigenvalue weighted by Crippen LogP contribution is -2.54. The molecule has 0 spiro atoms. The molecule has 3 aromatic carbocycles. The fraction of sp³-hybridized carbons (Fsp3) is 0.310. The first-order chi connectivity index (χ1) is 18.9. The van der Waals surface area contributed by atoms with Crippen LogP contribution in [0.3, 0.4) is 0 Å². The van der Waals surface area contributed by atoms with Crippen molar-refractivity contribution in [2.75, 3.05) is 17.1 Å². The molecule has 0 fully saturated rings. The van der Waals surface area contributed by atoms with Gasteiger partial charge in [-0.3, -0.25) is 13.9 Å². The topological polar surface area (TPSA) is 86.8 Å². The van der Waals surface area contributed by atoms with Crippen LogP contribution in [0.5, 0.6) is 0 Å². The van der Waals surface area contributed by atoms with Gasteiger partial charge in [0.15, 0.2) is 0 Å². The van der Waals surface area contributed by atoms with Gasteiger partial charge in [-0.25, -0.2) is 8.42 Å². The van der Waals surface area contributed by atoms with Gasteiger partial charge < -0.3 is 10.2 Å². The number of para-hydroxylation sites is 1. The number of benzene rings is 3. The highest BCUT2D eigenvalue weighted by atomic mass is 79.9. The summed E-state index contributed by atoms with van der Waals surface area (Å²) in [5.74, 6) is -0.945. The molecular formula is C29H32BrCl2N3O4S. The molecule has 2 atom stereocenters. The van der Waals surface area contributed by atoms with Gasteiger partial charge in [0.1, 0.15) is 12.6 Å². The summed E-state index contributed by atoms with van der Waals surface area (Å²) in [6.07, 6.45) is 1.93. The zero-order valence-corrected chi connectivity index (χ0v) is 26.4. The quantitative estimate of drug-likeness (QED) is 0.254. The molecule has 3 rings (SSSR count). The van der Waals surface area contributed by atoms with Crippen LogP contribution in [0.1, 0.15) is 31.4 Å². The van der Waals surface area contributed by atoms with Crippen molar-refractivity contribution in [2.45, 2.75) is 45.3 Å². The molecule has 0 saturated carbocycles. The van der Waals surface area contributed by atoms with Gasteiger partial charge in [0.2, 0.25) is 21.8 Å². The zero-order valence-electron chi connectivity index (χ0n) is 22.5. The summed E-state index contributed by atoms with van der Waals surface area (Å²) in [6, 6.07) is 19.9. The van der Waals surface area contributed by atoms with E-state index < -0.39 is 28.5 Å². The Kier molecular flexibility index (Phi) is 11.5. The maximum atomic E-state index is 14.1. The van der Waals surface area contributed by atoms with Gasteiger partial charge in [-0.05, 0) is 59.1 Å². The van der Waals surface area contributed by atoms with Crippen molar-refractivity contribution in [3.63, 3.8) is 0 Å². The van der Waals surface area contributed by atoms with Crippen LogP contribution in [0, 0.1) is 0 Å². The summed E-state index contributed by atoms with van der Waals surface area (Å²) in [6.45, 7) is 3.19. The third-order valence-electron chi connectivity index (χ3n) is 6.46. The van der Waals surface area contributed by atoms with Gasteiger partial charge in [-0.2, -0.15) is 0 Å². The van der Waals surface area contributed by atoms with E-state index in [0.29, 0.717) is 32.2 Å². The first kappa shape index (κ1) is 31.9. The van der Waals surface area contributed by atoms with E-state index in [1.54, 1.807) is 42.5 Å². The summed E-state index contributed by atoms with van der Waals surface area (Å²) in [4.78, 5) is 29.2. The number of hydrogen-bond acceptors (Lipinski definition) is 4. The number of anilines is 1. The fourth-order valence-corrected chi connectivity index (χ4v) is 6.09. The fourth-order valence-electron chi connectivity index (χ4n) is 4.10. The van der Waals surface area contributed by atoms with E-state index in [9.17, 15) is 18.0 Å². The van der Waals surface area contributed by atoms with Gasteiger partial charge in [-0.15, -0.1) is 0 Å². The normalized spacial score (nSPS) is 12.8. The Morgan fingerprint density at radius 3 is 2.12 bits per heavy atom. The molecule has 0 aliphatic rings. The van der Waals surface area contributed by atoms with E-state index in [2.05, 4.69) is 21.2 Å². The second kappa shape index (κ2) is 14.3. The Hall–Kier alpha value is -2.59. The number of rotatable bonds is 12. The minimum absolute atomic E-state index is 0.101. The first-order valence-corrected chi connectivity index (χ1v) is 16.1. The van der Waals surface area contributed by atoms with E-state index in [4.69, 9.17) is 23.2 Å². The van der Waals surface area contributed by atoms with Crippen molar-refractivity contribution in [2.24, 2.45) is 0 Å². The zero-order chi connectivity index (χ0) is 29.4. The lowest BCUT2D eigenvalue weighted by atomic mass is 10.0. The molecule has 0 radical (unpaired) electrons. The highest BCUT2D eigenvalue weighted by Gasteiger charge is 2.34. The molecule has 0 aromatic heterocycles. The van der Waals surface area contributed by atoms with E-state index in [1.165, 1.54) is 4.90 Å². The second-order valence-electron chi connectivity index (χ2n) is 9.47. The monoisotopic (exact) mass is 667 g/mol. The third kappa shape index (κ3) is 8.46. The molecule has 2 amide bonds. The number of carbonyl (C=O) groups excluding carboxylic acids is 2. The van der Waals surface area contributed by atoms with E-state index >= 15 is 0 Å². The Morgan fingerprint density at radius 2 is 1.55 bits per heavy atom. The summed E-state index contributed by atoms with van der Waals surface area (Å²) in [5.41, 5.74) is 1.60. The molecule has 0 heterocycles. The maximum Gasteiger partial charge on any atom is 0.244 e. The van der Waals surface area contributed by atoms with Crippen molar-refractivity contribution in [1.82, 2.24) is 10.2 Å². The van der Waals surface area contributed by atoms with Crippen molar-refractivity contribution >= 4 is 66.7 Å². The average Bonchev–Trinajstić information content (AvgIpc) is 2.91. The Labute approximate surface area is 254 Å². The molecule has 0 saturated heterocycles. The maximum absolute atomic E-state index is 14.1. The highest BCUT2D eigenvalue weighted by molar-refractivity contribution is 9.10. The highest BCUT2D eigenvalue weighted by Crippen LogP contribution is 2.30. The number of nitrogens with zero attached hydrogens (tertiary/aromatic N) is 2. The summed E-state index contributed by atoms with van der Waals surface area (Å²) in [7, 11) is -3.88. The van der Waals surface area contributed by atoms with Crippen LogP contribution in [0.15, 0.2) is 77.3 Å². The SMILES string of the molecule is CC[C@H](C)NC(=O)[C@@H](Cc1ccccc1)N(Cc1c(Cl)cccc1Cl)C(=O)CN(c1ccccc1Br)S(C)(=O)=O. The first-order valence-electron chi connectivity index (χ1n) is 12.7. The summed E-state index contributed by atoms with van der Waals surface area (Å²) < 4.78 is 27.3. The van der Waals surface area contributed by atoms with Crippen LogP contribution in [-0.4, -0.2) is 50.0 Å². The molecular weight excluding hydrogens is 637 g/mol. The summed E-state index contributed by atoms with van der Waals surface area (Å²) >= 11 is 16.4. The molecule has 0 unspecified atom stereocenters. The molecule has 0 bridgehead atoms. The van der Waals surface area contributed by atoms with Crippen LogP contribution in [0.4, 0.5) is 5.69 Å². The molecule has 214 valence electrons. The average molecular weight is 669 g/mol. The second-order valence-corrected chi connectivity index (χ2v) is 13.0. The number of nitrogens with one attached hydrogen (secondary N) is 1. The Morgan fingerprint density at radius 1 is 0.950 bits per heavy atom.